The normalized spacial score (nSPS) is 11.6. The van der Waals surface area contributed by atoms with Gasteiger partial charge in [-0.3, -0.25) is 4.79 Å². The van der Waals surface area contributed by atoms with Crippen LogP contribution in [0.2, 0.25) is 0 Å². The first-order chi connectivity index (χ1) is 12.3. The highest BCUT2D eigenvalue weighted by atomic mass is 16.9. The number of amides is 1. The van der Waals surface area contributed by atoms with Gasteiger partial charge in [0.1, 0.15) is 6.61 Å². The van der Waals surface area contributed by atoms with E-state index in [-0.39, 0.29) is 36.5 Å². The summed E-state index contributed by atoms with van der Waals surface area (Å²) in [4.78, 5) is 26.6. The van der Waals surface area contributed by atoms with Crippen molar-refractivity contribution in [3.63, 3.8) is 0 Å². The molecule has 0 aliphatic carbocycles. The van der Waals surface area contributed by atoms with Crippen LogP contribution in [-0.4, -0.2) is 27.2 Å². The molecule has 3 N–H and O–H groups in total. The van der Waals surface area contributed by atoms with Crippen LogP contribution in [0.25, 0.3) is 0 Å². The zero-order valence-corrected chi connectivity index (χ0v) is 14.2. The van der Waals surface area contributed by atoms with Crippen LogP contribution >= 0.6 is 0 Å². The molecule has 8 nitrogen and oxygen atoms in total. The van der Waals surface area contributed by atoms with Crippen LogP contribution in [0.1, 0.15) is 23.6 Å². The summed E-state index contributed by atoms with van der Waals surface area (Å²) in [6, 6.07) is 11.2. The van der Waals surface area contributed by atoms with Crippen LogP contribution in [0, 0.1) is 10.1 Å². The quantitative estimate of drug-likeness (QED) is 0.376. The van der Waals surface area contributed by atoms with E-state index < -0.39 is 5.09 Å². The van der Waals surface area contributed by atoms with Gasteiger partial charge in [0.05, 0.1) is 6.42 Å². The molecule has 2 aromatic rings. The Kier molecular flexibility index (Phi) is 6.37. The van der Waals surface area contributed by atoms with Crippen LogP contribution in [0.5, 0.6) is 11.5 Å². The maximum Gasteiger partial charge on any atom is 0.294 e. The molecule has 2 rings (SSSR count). The van der Waals surface area contributed by atoms with Crippen molar-refractivity contribution in [1.29, 1.82) is 0 Å². The average molecular weight is 360 g/mol. The second-order valence-electron chi connectivity index (χ2n) is 5.99. The Morgan fingerprint density at radius 1 is 1.12 bits per heavy atom. The fourth-order valence-corrected chi connectivity index (χ4v) is 2.49. The monoisotopic (exact) mass is 360 g/mol. The topological polar surface area (TPSA) is 122 Å². The van der Waals surface area contributed by atoms with E-state index in [1.54, 1.807) is 30.3 Å². The minimum Gasteiger partial charge on any atom is -0.504 e. The lowest BCUT2D eigenvalue weighted by molar-refractivity contribution is -0.763. The maximum absolute atomic E-state index is 12.1. The van der Waals surface area contributed by atoms with E-state index in [0.717, 1.165) is 11.1 Å². The number of aromatic hydroxyl groups is 2. The number of nitrogens with one attached hydrogen (secondary N) is 1. The van der Waals surface area contributed by atoms with Gasteiger partial charge in [0.25, 0.3) is 5.09 Å². The van der Waals surface area contributed by atoms with Crippen molar-refractivity contribution in [1.82, 2.24) is 5.32 Å². The zero-order valence-electron chi connectivity index (χ0n) is 14.2. The second kappa shape index (κ2) is 8.70. The Labute approximate surface area is 150 Å². The third kappa shape index (κ3) is 5.97. The summed E-state index contributed by atoms with van der Waals surface area (Å²) in [5, 5.41) is 31.0. The number of phenolic OH excluding ortho intramolecular Hbond substituents is 2. The smallest absolute Gasteiger partial charge is 0.294 e. The minimum absolute atomic E-state index is 0.129. The summed E-state index contributed by atoms with van der Waals surface area (Å²) in [5.41, 5.74) is 2.22. The Hall–Kier alpha value is -3.29. The number of hydrogen-bond acceptors (Lipinski definition) is 6. The first-order valence-corrected chi connectivity index (χ1v) is 7.99. The van der Waals surface area contributed by atoms with Gasteiger partial charge in [0.15, 0.2) is 11.5 Å². The molecule has 8 heteroatoms. The van der Waals surface area contributed by atoms with E-state index in [2.05, 4.69) is 10.2 Å². The Morgan fingerprint density at radius 2 is 1.73 bits per heavy atom. The van der Waals surface area contributed by atoms with Crippen molar-refractivity contribution in [2.24, 2.45) is 0 Å². The number of benzene rings is 2. The predicted molar refractivity (Wildman–Crippen MR) is 93.0 cm³/mol. The van der Waals surface area contributed by atoms with E-state index in [9.17, 15) is 25.1 Å². The molecule has 0 radical (unpaired) electrons. The summed E-state index contributed by atoms with van der Waals surface area (Å²) >= 11 is 0. The van der Waals surface area contributed by atoms with Crippen molar-refractivity contribution in [2.45, 2.75) is 32.4 Å². The molecule has 0 bridgehead atoms. The summed E-state index contributed by atoms with van der Waals surface area (Å²) in [6.45, 7) is 1.72. The van der Waals surface area contributed by atoms with E-state index in [1.165, 1.54) is 12.1 Å². The first kappa shape index (κ1) is 19.0. The molecular formula is C18H20N2O6. The molecule has 0 saturated heterocycles. The summed E-state index contributed by atoms with van der Waals surface area (Å²) in [6.07, 6.45) is 0.693. The van der Waals surface area contributed by atoms with Gasteiger partial charge in [0.2, 0.25) is 5.91 Å². The molecule has 0 fully saturated rings. The van der Waals surface area contributed by atoms with Gasteiger partial charge in [-0.1, -0.05) is 30.3 Å². The summed E-state index contributed by atoms with van der Waals surface area (Å²) < 4.78 is 0. The van der Waals surface area contributed by atoms with Crippen LogP contribution in [0.3, 0.4) is 0 Å². The second-order valence-corrected chi connectivity index (χ2v) is 5.99. The average Bonchev–Trinajstić information content (AvgIpc) is 2.57. The lowest BCUT2D eigenvalue weighted by Crippen LogP contribution is -2.35. The van der Waals surface area contributed by atoms with Gasteiger partial charge in [0, 0.05) is 6.04 Å². The standard InChI is InChI=1S/C18H20N2O6/c1-12(8-15-6-7-16(21)17(22)9-15)19-18(23)10-13-2-4-14(5-3-13)11-26-20(24)25/h2-7,9,12,21-22H,8,10-11H2,1H3,(H,19,23). The highest BCUT2D eigenvalue weighted by molar-refractivity contribution is 5.78. The van der Waals surface area contributed by atoms with Crippen molar-refractivity contribution in [2.75, 3.05) is 0 Å². The molecule has 0 aromatic heterocycles. The van der Waals surface area contributed by atoms with Gasteiger partial charge < -0.3 is 20.4 Å². The van der Waals surface area contributed by atoms with Crippen molar-refractivity contribution < 1.29 is 24.9 Å². The zero-order chi connectivity index (χ0) is 19.1. The van der Waals surface area contributed by atoms with Crippen molar-refractivity contribution in [3.8, 4) is 11.5 Å². The van der Waals surface area contributed by atoms with Gasteiger partial charge in [-0.25, -0.2) is 0 Å². The van der Waals surface area contributed by atoms with Crippen LogP contribution in [0.15, 0.2) is 42.5 Å². The third-order valence-electron chi connectivity index (χ3n) is 3.71. The first-order valence-electron chi connectivity index (χ1n) is 7.99. The highest BCUT2D eigenvalue weighted by Crippen LogP contribution is 2.25. The van der Waals surface area contributed by atoms with Gasteiger partial charge in [-0.2, -0.15) is 0 Å². The van der Waals surface area contributed by atoms with Gasteiger partial charge >= 0.3 is 0 Å². The number of nitrogens with zero attached hydrogens (tertiary/aromatic N) is 1. The molecule has 0 spiro atoms. The van der Waals surface area contributed by atoms with E-state index in [1.807, 2.05) is 6.92 Å². The number of carbonyl (C=O) groups excluding carboxylic acids is 1. The SMILES string of the molecule is CC(Cc1ccc(O)c(O)c1)NC(=O)Cc1ccc(CO[N+](=O)[O-])cc1. The minimum atomic E-state index is -0.851. The fraction of sp³-hybridized carbons (Fsp3) is 0.278. The van der Waals surface area contributed by atoms with Crippen LogP contribution < -0.4 is 5.32 Å². The molecule has 0 heterocycles. The van der Waals surface area contributed by atoms with Gasteiger partial charge in [-0.05, 0) is 42.2 Å². The predicted octanol–water partition coefficient (Wildman–Crippen LogP) is 2.10. The largest absolute Gasteiger partial charge is 0.504 e. The van der Waals surface area contributed by atoms with Gasteiger partial charge in [-0.15, -0.1) is 10.1 Å². The number of hydrogen-bond donors (Lipinski definition) is 3. The molecule has 0 saturated carbocycles. The van der Waals surface area contributed by atoms with Crippen molar-refractivity contribution in [3.05, 3.63) is 69.3 Å². The van der Waals surface area contributed by atoms with E-state index in [4.69, 9.17) is 0 Å². The Balaban J connectivity index is 1.83. The Bertz CT molecular complexity index is 776. The summed E-state index contributed by atoms with van der Waals surface area (Å²) in [5.74, 6) is -0.533. The maximum atomic E-state index is 12.1. The molecule has 138 valence electrons. The molecule has 1 amide bonds. The molecule has 0 aliphatic heterocycles. The lowest BCUT2D eigenvalue weighted by atomic mass is 10.1. The summed E-state index contributed by atoms with van der Waals surface area (Å²) in [7, 11) is 0. The van der Waals surface area contributed by atoms with Crippen molar-refractivity contribution >= 4 is 5.91 Å². The third-order valence-corrected chi connectivity index (χ3v) is 3.71. The molecule has 2 aromatic carbocycles. The van der Waals surface area contributed by atoms with E-state index >= 15 is 0 Å². The lowest BCUT2D eigenvalue weighted by Gasteiger charge is -2.14. The molecule has 1 unspecified atom stereocenters. The molecule has 1 atom stereocenters. The highest BCUT2D eigenvalue weighted by Gasteiger charge is 2.10. The fourth-order valence-electron chi connectivity index (χ4n) is 2.49. The van der Waals surface area contributed by atoms with Crippen LogP contribution in [0.4, 0.5) is 0 Å². The molecule has 0 aliphatic rings. The molecule has 26 heavy (non-hydrogen) atoms. The number of phenols is 2. The Morgan fingerprint density at radius 3 is 2.35 bits per heavy atom. The molecular weight excluding hydrogens is 340 g/mol. The number of carbonyl (C=O) groups is 1. The van der Waals surface area contributed by atoms with E-state index in [0.29, 0.717) is 12.0 Å². The van der Waals surface area contributed by atoms with Crippen LogP contribution in [-0.2, 0) is 29.1 Å². The number of rotatable bonds is 8.